The zero-order valence-electron chi connectivity index (χ0n) is 17.0. The van der Waals surface area contributed by atoms with Crippen molar-refractivity contribution in [2.45, 2.75) is 45.2 Å². The minimum Gasteiger partial charge on any atom is -0.493 e. The monoisotopic (exact) mass is 382 g/mol. The number of nitrogens with one attached hydrogen (secondary N) is 2. The predicted molar refractivity (Wildman–Crippen MR) is 111 cm³/mol. The fraction of sp³-hybridized carbons (Fsp3) is 0.435. The molecule has 1 amide bonds. The van der Waals surface area contributed by atoms with Crippen LogP contribution in [0.1, 0.15) is 48.1 Å². The van der Waals surface area contributed by atoms with Crippen molar-refractivity contribution >= 4 is 5.91 Å². The maximum atomic E-state index is 12.2. The number of hydrogen-bond acceptors (Lipinski definition) is 4. The number of benzene rings is 2. The number of carbonyl (C=O) groups is 1. The first kappa shape index (κ1) is 20.2. The molecule has 0 heterocycles. The van der Waals surface area contributed by atoms with Gasteiger partial charge in [0.1, 0.15) is 0 Å². The Bertz CT molecular complexity index is 819. The van der Waals surface area contributed by atoms with Gasteiger partial charge in [0.25, 0.3) is 0 Å². The van der Waals surface area contributed by atoms with E-state index in [9.17, 15) is 4.79 Å². The Kier molecular flexibility index (Phi) is 6.93. The van der Waals surface area contributed by atoms with Gasteiger partial charge in [-0.3, -0.25) is 4.79 Å². The molecule has 1 aliphatic rings. The van der Waals surface area contributed by atoms with Crippen molar-refractivity contribution < 1.29 is 14.3 Å². The topological polar surface area (TPSA) is 59.6 Å². The molecule has 1 aliphatic carbocycles. The van der Waals surface area contributed by atoms with Crippen molar-refractivity contribution in [2.75, 3.05) is 20.8 Å². The lowest BCUT2D eigenvalue weighted by Crippen LogP contribution is -2.34. The van der Waals surface area contributed by atoms with Crippen LogP contribution in [0.2, 0.25) is 0 Å². The SMILES string of the molecule is COc1ccc(CNC(=O)CNC(C)c2ccc3c(c2)CCCC3)cc1OC. The van der Waals surface area contributed by atoms with Crippen LogP contribution in [0.4, 0.5) is 0 Å². The van der Waals surface area contributed by atoms with Crippen LogP contribution >= 0.6 is 0 Å². The summed E-state index contributed by atoms with van der Waals surface area (Å²) in [5, 5.41) is 6.27. The third-order valence-corrected chi connectivity index (χ3v) is 5.38. The van der Waals surface area contributed by atoms with Crippen LogP contribution in [0.15, 0.2) is 36.4 Å². The highest BCUT2D eigenvalue weighted by Gasteiger charge is 2.13. The van der Waals surface area contributed by atoms with Gasteiger partial charge in [-0.2, -0.15) is 0 Å². The van der Waals surface area contributed by atoms with Gasteiger partial charge in [-0.05, 0) is 67.0 Å². The highest BCUT2D eigenvalue weighted by molar-refractivity contribution is 5.78. The van der Waals surface area contributed by atoms with Gasteiger partial charge in [-0.1, -0.05) is 24.3 Å². The number of rotatable bonds is 8. The molecule has 0 fully saturated rings. The number of hydrogen-bond donors (Lipinski definition) is 2. The first-order chi connectivity index (χ1) is 13.6. The molecule has 150 valence electrons. The zero-order valence-corrected chi connectivity index (χ0v) is 17.0. The van der Waals surface area contributed by atoms with Crippen LogP contribution < -0.4 is 20.1 Å². The second-order valence-electron chi connectivity index (χ2n) is 7.30. The van der Waals surface area contributed by atoms with Gasteiger partial charge < -0.3 is 20.1 Å². The summed E-state index contributed by atoms with van der Waals surface area (Å²) in [5.74, 6) is 1.31. The third-order valence-electron chi connectivity index (χ3n) is 5.38. The highest BCUT2D eigenvalue weighted by atomic mass is 16.5. The van der Waals surface area contributed by atoms with Crippen LogP contribution in [-0.4, -0.2) is 26.7 Å². The molecule has 2 aromatic carbocycles. The average molecular weight is 383 g/mol. The maximum Gasteiger partial charge on any atom is 0.234 e. The van der Waals surface area contributed by atoms with E-state index in [0.717, 1.165) is 5.56 Å². The first-order valence-electron chi connectivity index (χ1n) is 9.93. The lowest BCUT2D eigenvalue weighted by atomic mass is 9.89. The summed E-state index contributed by atoms with van der Waals surface area (Å²) in [6, 6.07) is 12.5. The second kappa shape index (κ2) is 9.60. The summed E-state index contributed by atoms with van der Waals surface area (Å²) >= 11 is 0. The van der Waals surface area contributed by atoms with E-state index in [1.807, 2.05) is 18.2 Å². The Hall–Kier alpha value is -2.53. The van der Waals surface area contributed by atoms with Crippen LogP contribution in [0.3, 0.4) is 0 Å². The van der Waals surface area contributed by atoms with E-state index in [2.05, 4.69) is 35.8 Å². The molecule has 5 heteroatoms. The van der Waals surface area contributed by atoms with Gasteiger partial charge in [0.2, 0.25) is 5.91 Å². The van der Waals surface area contributed by atoms with E-state index in [0.29, 0.717) is 18.0 Å². The molecule has 2 N–H and O–H groups in total. The van der Waals surface area contributed by atoms with Gasteiger partial charge in [-0.15, -0.1) is 0 Å². The molecule has 2 aromatic rings. The molecule has 1 unspecified atom stereocenters. The summed E-state index contributed by atoms with van der Waals surface area (Å²) in [7, 11) is 3.21. The van der Waals surface area contributed by atoms with E-state index in [4.69, 9.17) is 9.47 Å². The quantitative estimate of drug-likeness (QED) is 0.733. The molecule has 1 atom stereocenters. The summed E-state index contributed by atoms with van der Waals surface area (Å²) in [4.78, 5) is 12.2. The van der Waals surface area contributed by atoms with Crippen LogP contribution in [0.25, 0.3) is 0 Å². The Balaban J connectivity index is 1.49. The number of aryl methyl sites for hydroxylation is 2. The summed E-state index contributed by atoms with van der Waals surface area (Å²) in [5.41, 5.74) is 5.16. The number of amides is 1. The molecule has 0 aromatic heterocycles. The van der Waals surface area contributed by atoms with Gasteiger partial charge in [0.05, 0.1) is 20.8 Å². The maximum absolute atomic E-state index is 12.2. The molecule has 0 spiro atoms. The predicted octanol–water partition coefficient (Wildman–Crippen LogP) is 3.55. The second-order valence-corrected chi connectivity index (χ2v) is 7.30. The smallest absolute Gasteiger partial charge is 0.234 e. The van der Waals surface area contributed by atoms with E-state index < -0.39 is 0 Å². The van der Waals surface area contributed by atoms with E-state index >= 15 is 0 Å². The summed E-state index contributed by atoms with van der Waals surface area (Å²) < 4.78 is 10.5. The molecular formula is C23H30N2O3. The number of fused-ring (bicyclic) bond motifs is 1. The largest absolute Gasteiger partial charge is 0.493 e. The Morgan fingerprint density at radius 1 is 1.00 bits per heavy atom. The molecule has 0 radical (unpaired) electrons. The van der Waals surface area contributed by atoms with Gasteiger partial charge in [-0.25, -0.2) is 0 Å². The van der Waals surface area contributed by atoms with Crippen molar-refractivity contribution in [1.29, 1.82) is 0 Å². The Morgan fingerprint density at radius 2 is 1.75 bits per heavy atom. The lowest BCUT2D eigenvalue weighted by molar-refractivity contribution is -0.120. The number of carbonyl (C=O) groups excluding carboxylic acids is 1. The fourth-order valence-electron chi connectivity index (χ4n) is 3.64. The molecule has 5 nitrogen and oxygen atoms in total. The van der Waals surface area contributed by atoms with E-state index in [-0.39, 0.29) is 18.5 Å². The van der Waals surface area contributed by atoms with Crippen molar-refractivity contribution in [1.82, 2.24) is 10.6 Å². The normalized spacial score (nSPS) is 14.1. The van der Waals surface area contributed by atoms with Crippen LogP contribution in [0, 0.1) is 0 Å². The minimum absolute atomic E-state index is 0.0282. The van der Waals surface area contributed by atoms with Crippen molar-refractivity contribution in [3.63, 3.8) is 0 Å². The average Bonchev–Trinajstić information content (AvgIpc) is 2.75. The molecule has 3 rings (SSSR count). The third kappa shape index (κ3) is 5.04. The summed E-state index contributed by atoms with van der Waals surface area (Å²) in [6.07, 6.45) is 4.93. The van der Waals surface area contributed by atoms with Crippen LogP contribution in [0.5, 0.6) is 11.5 Å². The molecule has 0 saturated heterocycles. The highest BCUT2D eigenvalue weighted by Crippen LogP contribution is 2.27. The van der Waals surface area contributed by atoms with Gasteiger partial charge in [0.15, 0.2) is 11.5 Å². The fourth-order valence-corrected chi connectivity index (χ4v) is 3.64. The molecule has 28 heavy (non-hydrogen) atoms. The Labute approximate surface area is 167 Å². The first-order valence-corrected chi connectivity index (χ1v) is 9.93. The van der Waals surface area contributed by atoms with E-state index in [1.165, 1.54) is 42.4 Å². The molecule has 0 aliphatic heterocycles. The van der Waals surface area contributed by atoms with Crippen molar-refractivity contribution in [3.8, 4) is 11.5 Å². The van der Waals surface area contributed by atoms with E-state index in [1.54, 1.807) is 14.2 Å². The van der Waals surface area contributed by atoms with Crippen LogP contribution in [-0.2, 0) is 24.2 Å². The minimum atomic E-state index is -0.0282. The lowest BCUT2D eigenvalue weighted by Gasteiger charge is -2.20. The van der Waals surface area contributed by atoms with Gasteiger partial charge in [0, 0.05) is 12.6 Å². The van der Waals surface area contributed by atoms with Crippen molar-refractivity contribution in [2.24, 2.45) is 0 Å². The van der Waals surface area contributed by atoms with Gasteiger partial charge >= 0.3 is 0 Å². The standard InChI is InChI=1S/C23H30N2O3/c1-16(19-10-9-18-6-4-5-7-20(18)13-19)24-15-23(26)25-14-17-8-11-21(27-2)22(12-17)28-3/h8-13,16,24H,4-7,14-15H2,1-3H3,(H,25,26). The zero-order chi connectivity index (χ0) is 19.9. The molecular weight excluding hydrogens is 352 g/mol. The molecule has 0 bridgehead atoms. The molecule has 0 saturated carbocycles. The summed E-state index contributed by atoms with van der Waals surface area (Å²) in [6.45, 7) is 2.84. The van der Waals surface area contributed by atoms with Crippen molar-refractivity contribution in [3.05, 3.63) is 58.7 Å². The number of ether oxygens (including phenoxy) is 2. The Morgan fingerprint density at radius 3 is 2.50 bits per heavy atom. The number of methoxy groups -OCH3 is 2.